The third kappa shape index (κ3) is 2.45. The van der Waals surface area contributed by atoms with Crippen molar-refractivity contribution in [3.63, 3.8) is 0 Å². The minimum atomic E-state index is 0.915. The molecule has 0 radical (unpaired) electrons. The van der Waals surface area contributed by atoms with Crippen molar-refractivity contribution >= 4 is 43.9 Å². The number of benzene rings is 4. The van der Waals surface area contributed by atoms with Crippen LogP contribution in [0.2, 0.25) is 0 Å². The predicted octanol–water partition coefficient (Wildman–Crippen LogP) is 7.75. The van der Waals surface area contributed by atoms with Gasteiger partial charge in [0.1, 0.15) is 16.8 Å². The van der Waals surface area contributed by atoms with Gasteiger partial charge in [0, 0.05) is 33.4 Å². The van der Waals surface area contributed by atoms with Crippen LogP contribution in [0.25, 0.3) is 60.7 Å². The summed E-state index contributed by atoms with van der Waals surface area (Å²) < 4.78 is 8.26. The molecule has 0 aliphatic rings. The van der Waals surface area contributed by atoms with Gasteiger partial charge in [-0.2, -0.15) is 0 Å². The monoisotopic (exact) mass is 410 g/mol. The van der Waals surface area contributed by atoms with Crippen LogP contribution < -0.4 is 0 Å². The van der Waals surface area contributed by atoms with E-state index in [9.17, 15) is 0 Å². The maximum atomic E-state index is 6.01. The fourth-order valence-corrected chi connectivity index (χ4v) is 4.79. The van der Waals surface area contributed by atoms with E-state index in [0.717, 1.165) is 44.4 Å². The van der Waals surface area contributed by atoms with Crippen molar-refractivity contribution in [2.45, 2.75) is 0 Å². The first-order valence-corrected chi connectivity index (χ1v) is 10.7. The molecule has 0 aliphatic carbocycles. The lowest BCUT2D eigenvalue weighted by Gasteiger charge is -2.10. The van der Waals surface area contributed by atoms with Crippen LogP contribution in [0.1, 0.15) is 0 Å². The van der Waals surface area contributed by atoms with E-state index < -0.39 is 0 Å². The highest BCUT2D eigenvalue weighted by atomic mass is 16.3. The quantitative estimate of drug-likeness (QED) is 0.292. The molecule has 4 aromatic carbocycles. The highest BCUT2D eigenvalue weighted by Crippen LogP contribution is 2.34. The number of fused-ring (bicyclic) bond motifs is 6. The molecule has 3 heteroatoms. The summed E-state index contributed by atoms with van der Waals surface area (Å²) in [7, 11) is 0. The lowest BCUT2D eigenvalue weighted by molar-refractivity contribution is 0.669. The first-order valence-electron chi connectivity index (χ1n) is 10.7. The zero-order valence-electron chi connectivity index (χ0n) is 17.2. The number of furan rings is 1. The summed E-state index contributed by atoms with van der Waals surface area (Å²) in [6.45, 7) is 0. The van der Waals surface area contributed by atoms with Gasteiger partial charge in [0.2, 0.25) is 0 Å². The second-order valence-electron chi connectivity index (χ2n) is 8.09. The number of hydrogen-bond donors (Lipinski definition) is 0. The Morgan fingerprint density at radius 1 is 0.562 bits per heavy atom. The highest BCUT2D eigenvalue weighted by Gasteiger charge is 2.13. The van der Waals surface area contributed by atoms with E-state index >= 15 is 0 Å². The molecular weight excluding hydrogens is 392 g/mol. The molecule has 0 N–H and O–H groups in total. The molecule has 0 unspecified atom stereocenters. The lowest BCUT2D eigenvalue weighted by Crippen LogP contribution is -1.95. The van der Waals surface area contributed by atoms with Gasteiger partial charge in [0.05, 0.1) is 5.52 Å². The molecule has 32 heavy (non-hydrogen) atoms. The fraction of sp³-hybridized carbons (Fsp3) is 0. The van der Waals surface area contributed by atoms with Gasteiger partial charge >= 0.3 is 0 Å². The van der Waals surface area contributed by atoms with Crippen molar-refractivity contribution in [2.75, 3.05) is 0 Å². The molecule has 0 fully saturated rings. The van der Waals surface area contributed by atoms with Crippen LogP contribution in [0.3, 0.4) is 0 Å². The van der Waals surface area contributed by atoms with Crippen LogP contribution in [-0.4, -0.2) is 9.55 Å². The van der Waals surface area contributed by atoms with Gasteiger partial charge in [-0.1, -0.05) is 54.6 Å². The number of nitrogens with zero attached hydrogens (tertiary/aromatic N) is 2. The smallest absolute Gasteiger partial charge is 0.145 e. The van der Waals surface area contributed by atoms with Crippen LogP contribution in [0.15, 0.2) is 114 Å². The van der Waals surface area contributed by atoms with E-state index in [2.05, 4.69) is 89.5 Å². The normalized spacial score (nSPS) is 11.8. The predicted molar refractivity (Wildman–Crippen MR) is 131 cm³/mol. The van der Waals surface area contributed by atoms with E-state index in [4.69, 9.17) is 9.40 Å². The van der Waals surface area contributed by atoms with E-state index in [1.54, 1.807) is 0 Å². The summed E-state index contributed by atoms with van der Waals surface area (Å²) >= 11 is 0. The van der Waals surface area contributed by atoms with Crippen LogP contribution in [0.4, 0.5) is 0 Å². The van der Waals surface area contributed by atoms with E-state index in [-0.39, 0.29) is 0 Å². The molecule has 3 nitrogen and oxygen atoms in total. The average molecular weight is 410 g/mol. The average Bonchev–Trinajstić information content (AvgIpc) is 3.39. The zero-order valence-corrected chi connectivity index (χ0v) is 17.2. The van der Waals surface area contributed by atoms with E-state index in [1.165, 1.54) is 16.3 Å². The number of hydrogen-bond acceptors (Lipinski definition) is 2. The SMILES string of the molecule is c1cc(-c2ccc3oc4ccccc4c3c2)cc(-n2c3ccccc3c3cccnc32)c1. The molecule has 0 spiro atoms. The largest absolute Gasteiger partial charge is 0.456 e. The first kappa shape index (κ1) is 17.3. The van der Waals surface area contributed by atoms with Crippen molar-refractivity contribution in [3.8, 4) is 16.8 Å². The van der Waals surface area contributed by atoms with Crippen LogP contribution in [0, 0.1) is 0 Å². The van der Waals surface area contributed by atoms with Crippen LogP contribution >= 0.6 is 0 Å². The second kappa shape index (κ2) is 6.56. The van der Waals surface area contributed by atoms with Gasteiger partial charge in [-0.3, -0.25) is 4.57 Å². The molecule has 0 saturated carbocycles. The summed E-state index contributed by atoms with van der Waals surface area (Å²) in [6.07, 6.45) is 1.86. The summed E-state index contributed by atoms with van der Waals surface area (Å²) in [5, 5.41) is 4.67. The van der Waals surface area contributed by atoms with Gasteiger partial charge in [-0.05, 0) is 59.7 Å². The molecule has 0 aliphatic heterocycles. The molecule has 0 amide bonds. The lowest BCUT2D eigenvalue weighted by atomic mass is 10.0. The van der Waals surface area contributed by atoms with Gasteiger partial charge in [0.15, 0.2) is 0 Å². The van der Waals surface area contributed by atoms with Crippen molar-refractivity contribution < 1.29 is 4.42 Å². The maximum absolute atomic E-state index is 6.01. The van der Waals surface area contributed by atoms with Gasteiger partial charge in [0.25, 0.3) is 0 Å². The minimum Gasteiger partial charge on any atom is -0.456 e. The van der Waals surface area contributed by atoms with Gasteiger partial charge in [-0.15, -0.1) is 0 Å². The Bertz CT molecular complexity index is 1730. The van der Waals surface area contributed by atoms with Gasteiger partial charge < -0.3 is 4.42 Å². The summed E-state index contributed by atoms with van der Waals surface area (Å²) in [5.41, 5.74) is 7.40. The Morgan fingerprint density at radius 3 is 2.31 bits per heavy atom. The third-order valence-electron chi connectivity index (χ3n) is 6.25. The molecule has 3 aromatic heterocycles. The van der Waals surface area contributed by atoms with E-state index in [1.807, 2.05) is 24.4 Å². The molecule has 7 rings (SSSR count). The molecule has 3 heterocycles. The molecule has 7 aromatic rings. The fourth-order valence-electron chi connectivity index (χ4n) is 4.79. The van der Waals surface area contributed by atoms with E-state index in [0.29, 0.717) is 0 Å². The Hall–Kier alpha value is -4.37. The Morgan fingerprint density at radius 2 is 1.34 bits per heavy atom. The summed E-state index contributed by atoms with van der Waals surface area (Å²) in [6, 6.07) is 35.9. The van der Waals surface area contributed by atoms with Crippen LogP contribution in [0.5, 0.6) is 0 Å². The third-order valence-corrected chi connectivity index (χ3v) is 6.25. The molecule has 150 valence electrons. The molecule has 0 saturated heterocycles. The number of aromatic nitrogens is 2. The molecule has 0 bridgehead atoms. The Kier molecular flexibility index (Phi) is 3.55. The highest BCUT2D eigenvalue weighted by molar-refractivity contribution is 6.08. The van der Waals surface area contributed by atoms with Crippen molar-refractivity contribution in [1.82, 2.24) is 9.55 Å². The topological polar surface area (TPSA) is 31.0 Å². The van der Waals surface area contributed by atoms with Crippen molar-refractivity contribution in [1.29, 1.82) is 0 Å². The van der Waals surface area contributed by atoms with Gasteiger partial charge in [-0.25, -0.2) is 4.98 Å². The molecular formula is C29H18N2O. The zero-order chi connectivity index (χ0) is 21.1. The van der Waals surface area contributed by atoms with Crippen LogP contribution in [-0.2, 0) is 0 Å². The second-order valence-corrected chi connectivity index (χ2v) is 8.09. The Labute approximate surface area is 184 Å². The number of pyridine rings is 1. The summed E-state index contributed by atoms with van der Waals surface area (Å²) in [5.74, 6) is 0. The van der Waals surface area contributed by atoms with Crippen molar-refractivity contribution in [2.24, 2.45) is 0 Å². The maximum Gasteiger partial charge on any atom is 0.145 e. The summed E-state index contributed by atoms with van der Waals surface area (Å²) in [4.78, 5) is 4.72. The Balaban J connectivity index is 1.45. The standard InChI is InChI=1S/C29H18N2O/c1-3-12-26-22(9-1)24-11-6-16-30-29(24)31(26)21-8-5-7-19(17-21)20-14-15-28-25(18-20)23-10-2-4-13-27(23)32-28/h1-18H. The minimum absolute atomic E-state index is 0.915. The number of para-hydroxylation sites is 2. The molecule has 0 atom stereocenters. The van der Waals surface area contributed by atoms with Crippen molar-refractivity contribution in [3.05, 3.63) is 109 Å². The first-order chi connectivity index (χ1) is 15.9. The number of rotatable bonds is 2.